The number of thiocarbonyl (C=S) groups is 1. The van der Waals surface area contributed by atoms with Gasteiger partial charge in [-0.15, -0.1) is 0 Å². The van der Waals surface area contributed by atoms with Crippen LogP contribution in [0.25, 0.3) is 0 Å². The SMILES string of the molecule is Cc1cccc(NC(=S)N2CCC[C@H](O)C2)c1. The van der Waals surface area contributed by atoms with Crippen LogP contribution in [0.2, 0.25) is 0 Å². The monoisotopic (exact) mass is 250 g/mol. The maximum absolute atomic E-state index is 9.61. The number of likely N-dealkylation sites (tertiary alicyclic amines) is 1. The van der Waals surface area contributed by atoms with Crippen LogP contribution in [0.4, 0.5) is 5.69 Å². The van der Waals surface area contributed by atoms with Gasteiger partial charge in [-0.1, -0.05) is 12.1 Å². The van der Waals surface area contributed by atoms with Gasteiger partial charge in [-0.25, -0.2) is 0 Å². The Morgan fingerprint density at radius 1 is 1.53 bits per heavy atom. The number of rotatable bonds is 1. The molecule has 0 aromatic heterocycles. The van der Waals surface area contributed by atoms with Crippen LogP contribution in [0, 0.1) is 6.92 Å². The van der Waals surface area contributed by atoms with Gasteiger partial charge in [-0.3, -0.25) is 0 Å². The molecule has 0 amide bonds. The summed E-state index contributed by atoms with van der Waals surface area (Å²) in [5.74, 6) is 0. The second kappa shape index (κ2) is 5.47. The first-order valence-electron chi connectivity index (χ1n) is 5.96. The number of benzene rings is 1. The third-order valence-corrected chi connectivity index (χ3v) is 3.31. The third-order valence-electron chi connectivity index (χ3n) is 2.95. The fourth-order valence-corrected chi connectivity index (χ4v) is 2.35. The molecule has 0 bridgehead atoms. The molecule has 0 radical (unpaired) electrons. The Bertz CT molecular complexity index is 408. The van der Waals surface area contributed by atoms with Gasteiger partial charge in [0.15, 0.2) is 5.11 Å². The maximum Gasteiger partial charge on any atom is 0.173 e. The summed E-state index contributed by atoms with van der Waals surface area (Å²) in [4.78, 5) is 2.03. The molecule has 0 spiro atoms. The Kier molecular flexibility index (Phi) is 3.97. The van der Waals surface area contributed by atoms with E-state index in [1.54, 1.807) is 0 Å². The van der Waals surface area contributed by atoms with Crippen molar-refractivity contribution in [3.05, 3.63) is 29.8 Å². The molecule has 0 saturated carbocycles. The van der Waals surface area contributed by atoms with Gasteiger partial charge in [-0.05, 0) is 49.7 Å². The number of hydrogen-bond acceptors (Lipinski definition) is 2. The Morgan fingerprint density at radius 3 is 3.06 bits per heavy atom. The van der Waals surface area contributed by atoms with E-state index in [9.17, 15) is 5.11 Å². The van der Waals surface area contributed by atoms with Crippen LogP contribution < -0.4 is 5.32 Å². The first-order chi connectivity index (χ1) is 8.15. The van der Waals surface area contributed by atoms with E-state index in [0.717, 1.165) is 25.1 Å². The summed E-state index contributed by atoms with van der Waals surface area (Å²) in [6.45, 7) is 3.62. The van der Waals surface area contributed by atoms with Crippen molar-refractivity contribution in [3.63, 3.8) is 0 Å². The number of anilines is 1. The molecule has 1 aromatic carbocycles. The summed E-state index contributed by atoms with van der Waals surface area (Å²) in [6, 6.07) is 8.12. The van der Waals surface area contributed by atoms with Crippen molar-refractivity contribution in [2.75, 3.05) is 18.4 Å². The van der Waals surface area contributed by atoms with E-state index in [1.165, 1.54) is 5.56 Å². The van der Waals surface area contributed by atoms with Gasteiger partial charge in [0.2, 0.25) is 0 Å². The minimum atomic E-state index is -0.249. The lowest BCUT2D eigenvalue weighted by atomic mass is 10.1. The average molecular weight is 250 g/mol. The van der Waals surface area contributed by atoms with Gasteiger partial charge < -0.3 is 15.3 Å². The van der Waals surface area contributed by atoms with Gasteiger partial charge in [0.05, 0.1) is 6.10 Å². The van der Waals surface area contributed by atoms with Crippen molar-refractivity contribution in [1.29, 1.82) is 0 Å². The summed E-state index contributed by atoms with van der Waals surface area (Å²) in [5.41, 5.74) is 2.21. The zero-order chi connectivity index (χ0) is 12.3. The Morgan fingerprint density at radius 2 is 2.35 bits per heavy atom. The van der Waals surface area contributed by atoms with Crippen molar-refractivity contribution < 1.29 is 5.11 Å². The zero-order valence-electron chi connectivity index (χ0n) is 10.0. The number of nitrogens with zero attached hydrogens (tertiary/aromatic N) is 1. The molecule has 92 valence electrons. The Labute approximate surface area is 107 Å². The minimum absolute atomic E-state index is 0.249. The van der Waals surface area contributed by atoms with Crippen molar-refractivity contribution in [2.45, 2.75) is 25.9 Å². The van der Waals surface area contributed by atoms with Gasteiger partial charge in [0.25, 0.3) is 0 Å². The topological polar surface area (TPSA) is 35.5 Å². The van der Waals surface area contributed by atoms with Crippen molar-refractivity contribution >= 4 is 23.0 Å². The van der Waals surface area contributed by atoms with E-state index in [4.69, 9.17) is 12.2 Å². The number of piperidine rings is 1. The van der Waals surface area contributed by atoms with E-state index < -0.39 is 0 Å². The molecule has 1 aliphatic rings. The number of aliphatic hydroxyl groups is 1. The molecule has 2 N–H and O–H groups in total. The fourth-order valence-electron chi connectivity index (χ4n) is 2.06. The zero-order valence-corrected chi connectivity index (χ0v) is 10.8. The smallest absolute Gasteiger partial charge is 0.173 e. The second-order valence-corrected chi connectivity index (χ2v) is 4.93. The lowest BCUT2D eigenvalue weighted by Crippen LogP contribution is -2.44. The van der Waals surface area contributed by atoms with Crippen molar-refractivity contribution in [2.24, 2.45) is 0 Å². The normalized spacial score (nSPS) is 20.1. The van der Waals surface area contributed by atoms with Crippen molar-refractivity contribution in [3.8, 4) is 0 Å². The minimum Gasteiger partial charge on any atom is -0.391 e. The van der Waals surface area contributed by atoms with Gasteiger partial charge in [0, 0.05) is 18.8 Å². The predicted octanol–water partition coefficient (Wildman–Crippen LogP) is 2.15. The number of aryl methyl sites for hydroxylation is 1. The molecule has 3 nitrogen and oxygen atoms in total. The molecular formula is C13H18N2OS. The van der Waals surface area contributed by atoms with E-state index in [2.05, 4.69) is 24.4 Å². The van der Waals surface area contributed by atoms with E-state index in [1.807, 2.05) is 17.0 Å². The molecule has 1 aromatic rings. The summed E-state index contributed by atoms with van der Waals surface area (Å²) in [6.07, 6.45) is 1.63. The summed E-state index contributed by atoms with van der Waals surface area (Å²) >= 11 is 5.36. The van der Waals surface area contributed by atoms with Crippen LogP contribution in [0.15, 0.2) is 24.3 Å². The molecule has 17 heavy (non-hydrogen) atoms. The summed E-state index contributed by atoms with van der Waals surface area (Å²) < 4.78 is 0. The second-order valence-electron chi connectivity index (χ2n) is 4.54. The van der Waals surface area contributed by atoms with Crippen LogP contribution in [-0.2, 0) is 0 Å². The number of β-amino-alcohol motifs (C(OH)–C–C–N with tert-alkyl or cyclic N) is 1. The predicted molar refractivity (Wildman–Crippen MR) is 74.2 cm³/mol. The molecule has 0 aliphatic carbocycles. The largest absolute Gasteiger partial charge is 0.391 e. The van der Waals surface area contributed by atoms with Gasteiger partial charge in [-0.2, -0.15) is 0 Å². The highest BCUT2D eigenvalue weighted by molar-refractivity contribution is 7.80. The first-order valence-corrected chi connectivity index (χ1v) is 6.36. The maximum atomic E-state index is 9.61. The molecule has 1 saturated heterocycles. The van der Waals surface area contributed by atoms with Crippen LogP contribution >= 0.6 is 12.2 Å². The number of aliphatic hydroxyl groups excluding tert-OH is 1. The molecule has 1 fully saturated rings. The summed E-state index contributed by atoms with van der Waals surface area (Å²) in [7, 11) is 0. The van der Waals surface area contributed by atoms with E-state index in [0.29, 0.717) is 11.7 Å². The lowest BCUT2D eigenvalue weighted by molar-refractivity contribution is 0.104. The highest BCUT2D eigenvalue weighted by atomic mass is 32.1. The van der Waals surface area contributed by atoms with E-state index in [-0.39, 0.29) is 6.10 Å². The highest BCUT2D eigenvalue weighted by Gasteiger charge is 2.19. The highest BCUT2D eigenvalue weighted by Crippen LogP contribution is 2.14. The van der Waals surface area contributed by atoms with Crippen LogP contribution in [0.5, 0.6) is 0 Å². The number of hydrogen-bond donors (Lipinski definition) is 2. The lowest BCUT2D eigenvalue weighted by Gasteiger charge is -2.32. The van der Waals surface area contributed by atoms with Crippen molar-refractivity contribution in [1.82, 2.24) is 4.90 Å². The van der Waals surface area contributed by atoms with Gasteiger partial charge in [0.1, 0.15) is 0 Å². The molecule has 4 heteroatoms. The van der Waals surface area contributed by atoms with Crippen LogP contribution in [0.3, 0.4) is 0 Å². The average Bonchev–Trinajstić information content (AvgIpc) is 2.29. The van der Waals surface area contributed by atoms with Gasteiger partial charge >= 0.3 is 0 Å². The Hall–Kier alpha value is -1.13. The Balaban J connectivity index is 1.96. The molecule has 1 aliphatic heterocycles. The quantitative estimate of drug-likeness (QED) is 0.749. The third kappa shape index (κ3) is 3.41. The standard InChI is InChI=1S/C13H18N2OS/c1-10-4-2-5-11(8-10)14-13(17)15-7-3-6-12(16)9-15/h2,4-5,8,12,16H,3,6-7,9H2,1H3,(H,14,17)/t12-/m0/s1. The first kappa shape index (κ1) is 12.3. The van der Waals surface area contributed by atoms with Crippen LogP contribution in [0.1, 0.15) is 18.4 Å². The molecule has 1 heterocycles. The number of nitrogens with one attached hydrogen (secondary N) is 1. The van der Waals surface area contributed by atoms with E-state index >= 15 is 0 Å². The van der Waals surface area contributed by atoms with Crippen LogP contribution in [-0.4, -0.2) is 34.3 Å². The molecule has 0 unspecified atom stereocenters. The molecule has 1 atom stereocenters. The fraction of sp³-hybridized carbons (Fsp3) is 0.462. The molecular weight excluding hydrogens is 232 g/mol. The summed E-state index contributed by atoms with van der Waals surface area (Å²) in [5, 5.41) is 13.5. The molecule has 2 rings (SSSR count).